The number of rotatable bonds is 7. The van der Waals surface area contributed by atoms with Crippen molar-refractivity contribution in [1.29, 1.82) is 0 Å². The summed E-state index contributed by atoms with van der Waals surface area (Å²) in [5, 5.41) is 0. The van der Waals surface area contributed by atoms with Crippen LogP contribution in [-0.2, 0) is 38.0 Å². The Hall–Kier alpha value is -4.20. The second-order valence-corrected chi connectivity index (χ2v) is 7.60. The molecular weight excluding hydrogens is 484 g/mol. The lowest BCUT2D eigenvalue weighted by atomic mass is 10.0. The maximum absolute atomic E-state index is 12.3. The van der Waals surface area contributed by atoms with E-state index in [9.17, 15) is 19.2 Å². The van der Waals surface area contributed by atoms with Gasteiger partial charge < -0.3 is 28.4 Å². The van der Waals surface area contributed by atoms with Gasteiger partial charge in [0.15, 0.2) is 18.5 Å². The SMILES string of the molecule is CCOC(=O)[C@@H]1OC(c2ccc(C#Cc3cc(C(=O)OC)cc(C(=O)OC)c3)cc2)O[C@H]1C(=O)OCC. The molecule has 0 aromatic heterocycles. The van der Waals surface area contributed by atoms with Crippen molar-refractivity contribution < 1.29 is 47.6 Å². The monoisotopic (exact) mass is 510 g/mol. The summed E-state index contributed by atoms with van der Waals surface area (Å²) >= 11 is 0. The van der Waals surface area contributed by atoms with E-state index in [2.05, 4.69) is 11.8 Å². The number of hydrogen-bond acceptors (Lipinski definition) is 10. The standard InChI is InChI=1S/C27H26O10/c1-5-34-25(30)21-22(26(31)35-6-2)37-27(36-21)18-11-9-16(10-12-18)7-8-17-13-19(23(28)32-3)15-20(14-17)24(29)33-4/h9-15,21-22,27H,5-6H2,1-4H3/t21-,22-/m1/s1. The smallest absolute Gasteiger partial charge is 0.338 e. The van der Waals surface area contributed by atoms with Crippen molar-refractivity contribution in [3.63, 3.8) is 0 Å². The zero-order chi connectivity index (χ0) is 26.9. The second kappa shape index (κ2) is 12.7. The minimum Gasteiger partial charge on any atom is -0.465 e. The average Bonchev–Trinajstić information content (AvgIpc) is 3.37. The first-order valence-electron chi connectivity index (χ1n) is 11.4. The lowest BCUT2D eigenvalue weighted by Gasteiger charge is -2.13. The van der Waals surface area contributed by atoms with Crippen LogP contribution in [0.3, 0.4) is 0 Å². The van der Waals surface area contributed by atoms with Gasteiger partial charge in [-0.2, -0.15) is 0 Å². The molecule has 2 aromatic carbocycles. The second-order valence-electron chi connectivity index (χ2n) is 7.60. The van der Waals surface area contributed by atoms with Crippen molar-refractivity contribution in [2.45, 2.75) is 32.3 Å². The first-order valence-corrected chi connectivity index (χ1v) is 11.4. The van der Waals surface area contributed by atoms with Crippen molar-refractivity contribution in [1.82, 2.24) is 0 Å². The Kier molecular flexibility index (Phi) is 9.38. The third kappa shape index (κ3) is 6.73. The quantitative estimate of drug-likeness (QED) is 0.312. The van der Waals surface area contributed by atoms with Gasteiger partial charge in [0.2, 0.25) is 0 Å². The van der Waals surface area contributed by atoms with Crippen LogP contribution in [-0.4, -0.2) is 63.5 Å². The topological polar surface area (TPSA) is 124 Å². The molecule has 10 nitrogen and oxygen atoms in total. The van der Waals surface area contributed by atoms with Gasteiger partial charge in [0.1, 0.15) is 0 Å². The molecule has 0 amide bonds. The highest BCUT2D eigenvalue weighted by Crippen LogP contribution is 2.32. The van der Waals surface area contributed by atoms with Crippen LogP contribution in [0.4, 0.5) is 0 Å². The Morgan fingerprint density at radius 1 is 0.730 bits per heavy atom. The summed E-state index contributed by atoms with van der Waals surface area (Å²) in [6.07, 6.45) is -3.51. The summed E-state index contributed by atoms with van der Waals surface area (Å²) in [5.41, 5.74) is 1.88. The first-order chi connectivity index (χ1) is 17.8. The lowest BCUT2D eigenvalue weighted by molar-refractivity contribution is -0.163. The Bertz CT molecular complexity index is 1160. The van der Waals surface area contributed by atoms with Crippen molar-refractivity contribution in [3.8, 4) is 11.8 Å². The molecule has 1 aliphatic heterocycles. The number of esters is 4. The third-order valence-corrected chi connectivity index (χ3v) is 5.16. The molecule has 1 saturated heterocycles. The number of methoxy groups -OCH3 is 2. The van der Waals surface area contributed by atoms with Crippen LogP contribution in [0.2, 0.25) is 0 Å². The highest BCUT2D eigenvalue weighted by molar-refractivity contribution is 5.96. The van der Waals surface area contributed by atoms with Gasteiger partial charge in [0.05, 0.1) is 38.6 Å². The highest BCUT2D eigenvalue weighted by atomic mass is 16.8. The predicted molar refractivity (Wildman–Crippen MR) is 127 cm³/mol. The summed E-state index contributed by atoms with van der Waals surface area (Å²) in [5.74, 6) is 3.20. The molecule has 0 spiro atoms. The molecule has 2 atom stereocenters. The van der Waals surface area contributed by atoms with Gasteiger partial charge >= 0.3 is 23.9 Å². The number of carbonyl (C=O) groups excluding carboxylic acids is 4. The van der Waals surface area contributed by atoms with Crippen molar-refractivity contribution in [2.75, 3.05) is 27.4 Å². The molecule has 0 saturated carbocycles. The molecule has 10 heteroatoms. The highest BCUT2D eigenvalue weighted by Gasteiger charge is 2.47. The zero-order valence-corrected chi connectivity index (χ0v) is 20.8. The van der Waals surface area contributed by atoms with Gasteiger partial charge in [0, 0.05) is 16.7 Å². The van der Waals surface area contributed by atoms with E-state index in [1.807, 2.05) is 0 Å². The molecule has 1 heterocycles. The van der Waals surface area contributed by atoms with E-state index in [1.165, 1.54) is 32.4 Å². The van der Waals surface area contributed by atoms with Crippen LogP contribution in [0.5, 0.6) is 0 Å². The normalized spacial score (nSPS) is 16.8. The van der Waals surface area contributed by atoms with E-state index in [1.54, 1.807) is 38.1 Å². The Morgan fingerprint density at radius 2 is 1.19 bits per heavy atom. The number of ether oxygens (including phenoxy) is 6. The van der Waals surface area contributed by atoms with Gasteiger partial charge in [0.25, 0.3) is 0 Å². The van der Waals surface area contributed by atoms with Crippen LogP contribution in [0.1, 0.15) is 57.5 Å². The number of benzene rings is 2. The third-order valence-electron chi connectivity index (χ3n) is 5.16. The van der Waals surface area contributed by atoms with Gasteiger partial charge in [-0.25, -0.2) is 19.2 Å². The molecule has 1 fully saturated rings. The van der Waals surface area contributed by atoms with Crippen LogP contribution in [0, 0.1) is 11.8 Å². The largest absolute Gasteiger partial charge is 0.465 e. The molecule has 1 aliphatic rings. The first kappa shape index (κ1) is 27.4. The molecule has 2 aromatic rings. The minimum absolute atomic E-state index is 0.121. The molecule has 0 aliphatic carbocycles. The Balaban J connectivity index is 1.81. The fraction of sp³-hybridized carbons (Fsp3) is 0.333. The van der Waals surface area contributed by atoms with E-state index < -0.39 is 42.4 Å². The maximum Gasteiger partial charge on any atom is 0.338 e. The van der Waals surface area contributed by atoms with E-state index in [4.69, 9.17) is 28.4 Å². The molecule has 194 valence electrons. The molecule has 0 bridgehead atoms. The molecule has 0 N–H and O–H groups in total. The van der Waals surface area contributed by atoms with Gasteiger partial charge in [-0.05, 0) is 44.2 Å². The predicted octanol–water partition coefficient (Wildman–Crippen LogP) is 2.57. The van der Waals surface area contributed by atoms with Crippen LogP contribution in [0.25, 0.3) is 0 Å². The van der Waals surface area contributed by atoms with Crippen LogP contribution < -0.4 is 0 Å². The maximum atomic E-state index is 12.3. The Labute approximate surface area is 213 Å². The van der Waals surface area contributed by atoms with Crippen LogP contribution >= 0.6 is 0 Å². The molecule has 0 unspecified atom stereocenters. The molecule has 37 heavy (non-hydrogen) atoms. The van der Waals surface area contributed by atoms with E-state index in [0.29, 0.717) is 16.7 Å². The van der Waals surface area contributed by atoms with Crippen molar-refractivity contribution >= 4 is 23.9 Å². The number of hydrogen-bond donors (Lipinski definition) is 0. The molecule has 3 rings (SSSR count). The molecular formula is C27H26O10. The summed E-state index contributed by atoms with van der Waals surface area (Å²) < 4.78 is 30.8. The lowest BCUT2D eigenvalue weighted by Crippen LogP contribution is -2.39. The van der Waals surface area contributed by atoms with Crippen molar-refractivity contribution in [2.24, 2.45) is 0 Å². The minimum atomic E-state index is -1.26. The van der Waals surface area contributed by atoms with E-state index in [-0.39, 0.29) is 24.3 Å². The summed E-state index contributed by atoms with van der Waals surface area (Å²) in [6, 6.07) is 11.1. The summed E-state index contributed by atoms with van der Waals surface area (Å²) in [7, 11) is 2.48. The van der Waals surface area contributed by atoms with E-state index in [0.717, 1.165) is 0 Å². The average molecular weight is 510 g/mol. The van der Waals surface area contributed by atoms with Crippen molar-refractivity contribution in [3.05, 3.63) is 70.3 Å². The van der Waals surface area contributed by atoms with Crippen LogP contribution in [0.15, 0.2) is 42.5 Å². The fourth-order valence-electron chi connectivity index (χ4n) is 3.44. The Morgan fingerprint density at radius 3 is 1.62 bits per heavy atom. The summed E-state index contributed by atoms with van der Waals surface area (Å²) in [6.45, 7) is 3.53. The van der Waals surface area contributed by atoms with Gasteiger partial charge in [-0.3, -0.25) is 0 Å². The number of carbonyl (C=O) groups is 4. The zero-order valence-electron chi connectivity index (χ0n) is 20.8. The summed E-state index contributed by atoms with van der Waals surface area (Å²) in [4.78, 5) is 48.5. The fourth-order valence-corrected chi connectivity index (χ4v) is 3.44. The van der Waals surface area contributed by atoms with Gasteiger partial charge in [-0.1, -0.05) is 24.0 Å². The van der Waals surface area contributed by atoms with E-state index >= 15 is 0 Å². The van der Waals surface area contributed by atoms with Gasteiger partial charge in [-0.15, -0.1) is 0 Å². The molecule has 0 radical (unpaired) electrons.